The van der Waals surface area contributed by atoms with Gasteiger partial charge in [0, 0.05) is 6.04 Å². The van der Waals surface area contributed by atoms with Gasteiger partial charge in [-0.15, -0.1) is 0 Å². The highest BCUT2D eigenvalue weighted by Crippen LogP contribution is 2.13. The van der Waals surface area contributed by atoms with Crippen LogP contribution in [0.5, 0.6) is 0 Å². The summed E-state index contributed by atoms with van der Waals surface area (Å²) in [6.45, 7) is 4.05. The first-order valence-corrected chi connectivity index (χ1v) is 6.69. The van der Waals surface area contributed by atoms with Crippen molar-refractivity contribution in [1.82, 2.24) is 20.3 Å². The zero-order valence-electron chi connectivity index (χ0n) is 10.5. The monoisotopic (exact) mass is 270 g/mol. The van der Waals surface area contributed by atoms with Gasteiger partial charge in [-0.3, -0.25) is 4.79 Å². The lowest BCUT2D eigenvalue weighted by molar-refractivity contribution is -0.119. The van der Waals surface area contributed by atoms with Gasteiger partial charge in [0.1, 0.15) is 0 Å². The molecule has 0 aliphatic rings. The molecule has 100 valence electrons. The number of nitrogens with zero attached hydrogens (tertiary/aromatic N) is 3. The molecule has 0 aliphatic carbocycles. The van der Waals surface area contributed by atoms with Gasteiger partial charge in [0.15, 0.2) is 5.16 Å². The number of carbonyl (C=O) groups is 1. The van der Waals surface area contributed by atoms with Crippen molar-refractivity contribution in [2.45, 2.75) is 37.9 Å². The van der Waals surface area contributed by atoms with Crippen molar-refractivity contribution >= 4 is 29.6 Å². The van der Waals surface area contributed by atoms with Gasteiger partial charge in [-0.25, -0.2) is 0 Å². The minimum absolute atomic E-state index is 0.0569. The molecular weight excluding hydrogens is 252 g/mol. The van der Waals surface area contributed by atoms with E-state index in [1.54, 1.807) is 0 Å². The molecule has 1 aromatic rings. The maximum absolute atomic E-state index is 11.6. The Morgan fingerprint density at radius 3 is 2.50 bits per heavy atom. The lowest BCUT2D eigenvalue weighted by Gasteiger charge is -2.12. The van der Waals surface area contributed by atoms with Crippen LogP contribution in [-0.4, -0.2) is 32.7 Å². The Balaban J connectivity index is 2.42. The predicted molar refractivity (Wildman–Crippen MR) is 71.9 cm³/mol. The largest absolute Gasteiger partial charge is 0.368 e. The van der Waals surface area contributed by atoms with E-state index in [1.807, 2.05) is 6.92 Å². The molecule has 0 unspecified atom stereocenters. The van der Waals surface area contributed by atoms with E-state index >= 15 is 0 Å². The van der Waals surface area contributed by atoms with Crippen LogP contribution < -0.4 is 16.8 Å². The normalized spacial score (nSPS) is 12.1. The number of nitrogens with two attached hydrogens (primary N) is 2. The molecule has 1 rings (SSSR count). The van der Waals surface area contributed by atoms with E-state index in [2.05, 4.69) is 27.2 Å². The lowest BCUT2D eigenvalue weighted by Crippen LogP contribution is -2.33. The van der Waals surface area contributed by atoms with Gasteiger partial charge in [-0.05, 0) is 13.3 Å². The number of rotatable bonds is 6. The van der Waals surface area contributed by atoms with E-state index in [0.717, 1.165) is 12.8 Å². The second kappa shape index (κ2) is 7.00. The van der Waals surface area contributed by atoms with Crippen LogP contribution in [0.2, 0.25) is 0 Å². The second-order valence-corrected chi connectivity index (χ2v) is 4.82. The predicted octanol–water partition coefficient (Wildman–Crippen LogP) is 0.433. The summed E-state index contributed by atoms with van der Waals surface area (Å²) in [7, 11) is 0. The molecule has 8 heteroatoms. The number of aromatic nitrogens is 3. The SMILES string of the molecule is CCC[C@@H](C)NC(=O)CSc1nc(N)nc(N)n1. The van der Waals surface area contributed by atoms with Gasteiger partial charge < -0.3 is 16.8 Å². The fourth-order valence-electron chi connectivity index (χ4n) is 1.40. The third kappa shape index (κ3) is 5.17. The molecule has 1 aromatic heterocycles. The number of thioether (sulfide) groups is 1. The van der Waals surface area contributed by atoms with Gasteiger partial charge in [-0.1, -0.05) is 25.1 Å². The molecule has 7 nitrogen and oxygen atoms in total. The van der Waals surface area contributed by atoms with E-state index in [0.29, 0.717) is 5.16 Å². The first-order valence-electron chi connectivity index (χ1n) is 5.70. The molecule has 0 fully saturated rings. The third-order valence-corrected chi connectivity index (χ3v) is 2.96. The van der Waals surface area contributed by atoms with Crippen molar-refractivity contribution in [2.24, 2.45) is 0 Å². The number of hydrogen-bond donors (Lipinski definition) is 3. The molecule has 1 heterocycles. The lowest BCUT2D eigenvalue weighted by atomic mass is 10.2. The van der Waals surface area contributed by atoms with Crippen molar-refractivity contribution in [1.29, 1.82) is 0 Å². The molecule has 0 radical (unpaired) electrons. The number of nitrogens with one attached hydrogen (secondary N) is 1. The first kappa shape index (κ1) is 14.5. The highest BCUT2D eigenvalue weighted by atomic mass is 32.2. The molecule has 0 aliphatic heterocycles. The van der Waals surface area contributed by atoms with Gasteiger partial charge >= 0.3 is 0 Å². The third-order valence-electron chi connectivity index (χ3n) is 2.11. The summed E-state index contributed by atoms with van der Waals surface area (Å²) in [4.78, 5) is 23.0. The fraction of sp³-hybridized carbons (Fsp3) is 0.600. The van der Waals surface area contributed by atoms with E-state index in [4.69, 9.17) is 11.5 Å². The maximum Gasteiger partial charge on any atom is 0.230 e. The highest BCUT2D eigenvalue weighted by molar-refractivity contribution is 7.99. The summed E-state index contributed by atoms with van der Waals surface area (Å²) in [6.07, 6.45) is 2.00. The molecule has 0 aromatic carbocycles. The summed E-state index contributed by atoms with van der Waals surface area (Å²) >= 11 is 1.18. The zero-order valence-corrected chi connectivity index (χ0v) is 11.3. The highest BCUT2D eigenvalue weighted by Gasteiger charge is 2.09. The van der Waals surface area contributed by atoms with Crippen LogP contribution in [-0.2, 0) is 4.79 Å². The van der Waals surface area contributed by atoms with Crippen molar-refractivity contribution in [3.05, 3.63) is 0 Å². The standard InChI is InChI=1S/C10H18N6OS/c1-3-4-6(2)13-7(17)5-18-10-15-8(11)14-9(12)16-10/h6H,3-5H2,1-2H3,(H,13,17)(H4,11,12,14,15,16)/t6-/m1/s1. The minimum atomic E-state index is -0.0569. The van der Waals surface area contributed by atoms with Gasteiger partial charge in [0.25, 0.3) is 0 Å². The van der Waals surface area contributed by atoms with Gasteiger partial charge in [0.2, 0.25) is 17.8 Å². The number of carbonyl (C=O) groups excluding carboxylic acids is 1. The van der Waals surface area contributed by atoms with Crippen LogP contribution in [0.4, 0.5) is 11.9 Å². The first-order chi connectivity index (χ1) is 8.51. The van der Waals surface area contributed by atoms with Crippen LogP contribution in [0, 0.1) is 0 Å². The zero-order chi connectivity index (χ0) is 13.5. The van der Waals surface area contributed by atoms with Crippen LogP contribution in [0.1, 0.15) is 26.7 Å². The number of anilines is 2. The minimum Gasteiger partial charge on any atom is -0.368 e. The van der Waals surface area contributed by atoms with Gasteiger partial charge in [0.05, 0.1) is 5.75 Å². The summed E-state index contributed by atoms with van der Waals surface area (Å²) in [5.74, 6) is 0.296. The molecule has 0 saturated heterocycles. The Bertz CT molecular complexity index is 393. The Kier molecular flexibility index (Phi) is 5.63. The fourth-order valence-corrected chi connectivity index (χ4v) is 2.06. The average molecular weight is 270 g/mol. The number of hydrogen-bond acceptors (Lipinski definition) is 7. The maximum atomic E-state index is 11.6. The molecule has 18 heavy (non-hydrogen) atoms. The Morgan fingerprint density at radius 2 is 1.94 bits per heavy atom. The van der Waals surface area contributed by atoms with Crippen molar-refractivity contribution in [2.75, 3.05) is 17.2 Å². The van der Waals surface area contributed by atoms with E-state index < -0.39 is 0 Å². The van der Waals surface area contributed by atoms with E-state index in [1.165, 1.54) is 11.8 Å². The summed E-state index contributed by atoms with van der Waals surface area (Å²) in [5, 5.41) is 3.25. The number of amides is 1. The Morgan fingerprint density at radius 1 is 1.33 bits per heavy atom. The molecule has 1 amide bonds. The number of nitrogen functional groups attached to an aromatic ring is 2. The Hall–Kier alpha value is -1.57. The molecule has 0 saturated carbocycles. The van der Waals surface area contributed by atoms with Crippen LogP contribution in [0.15, 0.2) is 5.16 Å². The molecule has 0 bridgehead atoms. The average Bonchev–Trinajstić information content (AvgIpc) is 2.25. The molecule has 1 atom stereocenters. The van der Waals surface area contributed by atoms with Crippen molar-refractivity contribution < 1.29 is 4.79 Å². The molecular formula is C10H18N6OS. The van der Waals surface area contributed by atoms with Crippen molar-refractivity contribution in [3.8, 4) is 0 Å². The van der Waals surface area contributed by atoms with Crippen molar-refractivity contribution in [3.63, 3.8) is 0 Å². The second-order valence-electron chi connectivity index (χ2n) is 3.88. The van der Waals surface area contributed by atoms with Crippen LogP contribution >= 0.6 is 11.8 Å². The Labute approximate surface area is 110 Å². The van der Waals surface area contributed by atoms with Gasteiger partial charge in [-0.2, -0.15) is 15.0 Å². The smallest absolute Gasteiger partial charge is 0.230 e. The van der Waals surface area contributed by atoms with Crippen LogP contribution in [0.3, 0.4) is 0 Å². The molecule has 0 spiro atoms. The topological polar surface area (TPSA) is 120 Å². The molecule has 5 N–H and O–H groups in total. The summed E-state index contributed by atoms with van der Waals surface area (Å²) in [5.41, 5.74) is 10.9. The summed E-state index contributed by atoms with van der Waals surface area (Å²) in [6, 6.07) is 0.177. The van der Waals surface area contributed by atoms with E-state index in [-0.39, 0.29) is 29.6 Å². The van der Waals surface area contributed by atoms with E-state index in [9.17, 15) is 4.79 Å². The quantitative estimate of drug-likeness (QED) is 0.641. The summed E-state index contributed by atoms with van der Waals surface area (Å²) < 4.78 is 0. The van der Waals surface area contributed by atoms with Crippen LogP contribution in [0.25, 0.3) is 0 Å².